The minimum absolute atomic E-state index is 0.167. The Balaban J connectivity index is 2.05. The lowest BCUT2D eigenvalue weighted by Crippen LogP contribution is -2.28. The number of carbonyl (C=O) groups excluding carboxylic acids is 1. The number of amides is 2. The van der Waals surface area contributed by atoms with Gasteiger partial charge in [0.15, 0.2) is 0 Å². The Kier molecular flexibility index (Phi) is 6.13. The van der Waals surface area contributed by atoms with Crippen molar-refractivity contribution in [1.29, 1.82) is 0 Å². The molecule has 0 bridgehead atoms. The fourth-order valence-electron chi connectivity index (χ4n) is 2.47. The van der Waals surface area contributed by atoms with E-state index in [4.69, 9.17) is 4.42 Å². The lowest BCUT2D eigenvalue weighted by molar-refractivity contribution is 0.252. The Bertz CT molecular complexity index is 1180. The molecule has 0 spiro atoms. The van der Waals surface area contributed by atoms with E-state index in [1.807, 2.05) is 6.92 Å². The summed E-state index contributed by atoms with van der Waals surface area (Å²) >= 11 is 0. The van der Waals surface area contributed by atoms with Crippen molar-refractivity contribution >= 4 is 19.9 Å². The molecule has 0 saturated carbocycles. The smallest absolute Gasteiger partial charge is 0.388 e. The van der Waals surface area contributed by atoms with Crippen molar-refractivity contribution in [3.05, 3.63) is 46.7 Å². The highest BCUT2D eigenvalue weighted by molar-refractivity contribution is 6.83. The van der Waals surface area contributed by atoms with Crippen LogP contribution in [0.4, 0.5) is 10.6 Å². The Hall–Kier alpha value is -3.71. The van der Waals surface area contributed by atoms with Crippen LogP contribution in [0.1, 0.15) is 12.5 Å². The highest BCUT2D eigenvalue weighted by Crippen LogP contribution is 2.26. The van der Waals surface area contributed by atoms with E-state index in [0.717, 1.165) is 0 Å². The second-order valence-electron chi connectivity index (χ2n) is 7.45. The summed E-state index contributed by atoms with van der Waals surface area (Å²) in [6.45, 7) is 8.78. The molecular formula is C20H22N6O3Si. The number of anilines is 1. The molecule has 3 N–H and O–H groups in total. The van der Waals surface area contributed by atoms with Crippen LogP contribution in [0.3, 0.4) is 0 Å². The maximum absolute atomic E-state index is 11.8. The molecule has 3 aromatic rings. The van der Waals surface area contributed by atoms with Crippen LogP contribution >= 0.6 is 0 Å². The second-order valence-corrected chi connectivity index (χ2v) is 12.2. The molecule has 0 radical (unpaired) electrons. The van der Waals surface area contributed by atoms with Crippen LogP contribution in [0.15, 0.2) is 39.8 Å². The predicted molar refractivity (Wildman–Crippen MR) is 117 cm³/mol. The number of hydrogen-bond acceptors (Lipinski definition) is 6. The average Bonchev–Trinajstić information content (AvgIpc) is 3.13. The predicted octanol–water partition coefficient (Wildman–Crippen LogP) is 2.86. The van der Waals surface area contributed by atoms with Crippen molar-refractivity contribution in [2.75, 3.05) is 11.9 Å². The topological polar surface area (TPSA) is 126 Å². The third-order valence-corrected chi connectivity index (χ3v) is 4.65. The summed E-state index contributed by atoms with van der Waals surface area (Å²) < 4.78 is 5.03. The summed E-state index contributed by atoms with van der Waals surface area (Å²) in [5.74, 6) is 3.15. The lowest BCUT2D eigenvalue weighted by Gasteiger charge is -2.10. The van der Waals surface area contributed by atoms with E-state index in [1.165, 1.54) is 0 Å². The Labute approximate surface area is 174 Å². The fourth-order valence-corrected chi connectivity index (χ4v) is 2.98. The van der Waals surface area contributed by atoms with Gasteiger partial charge in [0.1, 0.15) is 13.9 Å². The number of aromatic nitrogens is 4. The molecule has 154 valence electrons. The van der Waals surface area contributed by atoms with Crippen LogP contribution in [-0.4, -0.2) is 40.8 Å². The number of aromatic amines is 1. The first-order chi connectivity index (χ1) is 14.2. The van der Waals surface area contributed by atoms with Gasteiger partial charge in [-0.1, -0.05) is 25.6 Å². The van der Waals surface area contributed by atoms with Gasteiger partial charge in [0, 0.05) is 35.6 Å². The first kappa shape index (κ1) is 21.0. The van der Waals surface area contributed by atoms with Crippen molar-refractivity contribution in [2.45, 2.75) is 26.6 Å². The minimum atomic E-state index is -1.65. The number of pyridine rings is 2. The van der Waals surface area contributed by atoms with E-state index >= 15 is 0 Å². The van der Waals surface area contributed by atoms with Crippen LogP contribution in [0.2, 0.25) is 19.6 Å². The van der Waals surface area contributed by atoms with Crippen LogP contribution in [0.5, 0.6) is 0 Å². The van der Waals surface area contributed by atoms with Gasteiger partial charge in [-0.05, 0) is 25.1 Å². The summed E-state index contributed by atoms with van der Waals surface area (Å²) in [5, 5.41) is 11.5. The average molecular weight is 423 g/mol. The van der Waals surface area contributed by atoms with Gasteiger partial charge in [0.2, 0.25) is 5.89 Å². The molecule has 0 aromatic carbocycles. The standard InChI is InChI=1S/C20H22N6O3Si/c1-5-21-19(27)24-17-11-13(7-9-30(2,3)4)15(12-23-17)16-10-14(6-8-22-16)18-25-26-20(28)29-18/h6,8,10-12H,5H2,1-4H3,(H,26,28)(H2,21,23,24,27). The van der Waals surface area contributed by atoms with Gasteiger partial charge in [0.25, 0.3) is 0 Å². The lowest BCUT2D eigenvalue weighted by atomic mass is 10.1. The number of carbonyl (C=O) groups is 1. The third kappa shape index (κ3) is 5.42. The molecular weight excluding hydrogens is 400 g/mol. The highest BCUT2D eigenvalue weighted by Gasteiger charge is 2.14. The van der Waals surface area contributed by atoms with E-state index in [0.29, 0.717) is 34.7 Å². The van der Waals surface area contributed by atoms with Crippen LogP contribution in [-0.2, 0) is 0 Å². The molecule has 3 heterocycles. The van der Waals surface area contributed by atoms with Crippen molar-refractivity contribution < 1.29 is 9.21 Å². The molecule has 3 aromatic heterocycles. The van der Waals surface area contributed by atoms with E-state index in [2.05, 4.69) is 61.9 Å². The summed E-state index contributed by atoms with van der Waals surface area (Å²) in [6, 6.07) is 4.82. The molecule has 0 atom stereocenters. The number of H-pyrrole nitrogens is 1. The third-order valence-electron chi connectivity index (χ3n) is 3.78. The van der Waals surface area contributed by atoms with E-state index in [9.17, 15) is 9.59 Å². The van der Waals surface area contributed by atoms with E-state index in [1.54, 1.807) is 30.6 Å². The van der Waals surface area contributed by atoms with Crippen molar-refractivity contribution in [2.24, 2.45) is 0 Å². The zero-order valence-corrected chi connectivity index (χ0v) is 18.2. The molecule has 0 fully saturated rings. The number of nitrogens with one attached hydrogen (secondary N) is 3. The summed E-state index contributed by atoms with van der Waals surface area (Å²) in [5.41, 5.74) is 5.90. The van der Waals surface area contributed by atoms with Gasteiger partial charge >= 0.3 is 11.8 Å². The van der Waals surface area contributed by atoms with Gasteiger partial charge in [-0.25, -0.2) is 19.7 Å². The molecule has 0 aliphatic heterocycles. The zero-order valence-electron chi connectivity index (χ0n) is 17.2. The summed E-state index contributed by atoms with van der Waals surface area (Å²) in [4.78, 5) is 31.8. The van der Waals surface area contributed by atoms with Crippen LogP contribution in [0.25, 0.3) is 22.7 Å². The zero-order chi connectivity index (χ0) is 21.7. The molecule has 30 heavy (non-hydrogen) atoms. The van der Waals surface area contributed by atoms with E-state index < -0.39 is 13.8 Å². The molecule has 0 unspecified atom stereocenters. The van der Waals surface area contributed by atoms with Gasteiger partial charge < -0.3 is 9.73 Å². The molecule has 0 saturated heterocycles. The Morgan fingerprint density at radius 1 is 1.27 bits per heavy atom. The van der Waals surface area contributed by atoms with Gasteiger partial charge in [-0.3, -0.25) is 10.3 Å². The largest absolute Gasteiger partial charge is 0.434 e. The van der Waals surface area contributed by atoms with E-state index in [-0.39, 0.29) is 11.9 Å². The SMILES string of the molecule is CCNC(=O)Nc1cc(C#C[Si](C)(C)C)c(-c2cc(-c3n[nH]c(=O)o3)ccn2)cn1. The van der Waals surface area contributed by atoms with Crippen molar-refractivity contribution in [1.82, 2.24) is 25.5 Å². The Morgan fingerprint density at radius 2 is 2.07 bits per heavy atom. The minimum Gasteiger partial charge on any atom is -0.388 e. The van der Waals surface area contributed by atoms with Gasteiger partial charge in [-0.2, -0.15) is 0 Å². The number of nitrogens with zero attached hydrogens (tertiary/aromatic N) is 3. The number of rotatable bonds is 4. The summed E-state index contributed by atoms with van der Waals surface area (Å²) in [6.07, 6.45) is 3.21. The van der Waals surface area contributed by atoms with Gasteiger partial charge in [0.05, 0.1) is 5.69 Å². The molecule has 9 nitrogen and oxygen atoms in total. The monoisotopic (exact) mass is 422 g/mol. The van der Waals surface area contributed by atoms with Crippen molar-refractivity contribution in [3.63, 3.8) is 0 Å². The van der Waals surface area contributed by atoms with Crippen molar-refractivity contribution in [3.8, 4) is 34.2 Å². The number of urea groups is 1. The van der Waals surface area contributed by atoms with Gasteiger partial charge in [-0.15, -0.1) is 10.6 Å². The second kappa shape index (κ2) is 8.75. The molecule has 10 heteroatoms. The summed E-state index contributed by atoms with van der Waals surface area (Å²) in [7, 11) is -1.65. The maximum Gasteiger partial charge on any atom is 0.434 e. The van der Waals surface area contributed by atoms with Crippen LogP contribution < -0.4 is 16.4 Å². The first-order valence-electron chi connectivity index (χ1n) is 9.35. The normalized spacial score (nSPS) is 10.8. The highest BCUT2D eigenvalue weighted by atomic mass is 28.3. The molecule has 3 rings (SSSR count). The van der Waals surface area contributed by atoms with Crippen LogP contribution in [0, 0.1) is 11.5 Å². The maximum atomic E-state index is 11.8. The Morgan fingerprint density at radius 3 is 2.73 bits per heavy atom. The number of hydrogen-bond donors (Lipinski definition) is 3. The fraction of sp³-hybridized carbons (Fsp3) is 0.250. The molecule has 2 amide bonds. The molecule has 0 aliphatic carbocycles. The first-order valence-corrected chi connectivity index (χ1v) is 12.9. The molecule has 0 aliphatic rings. The quantitative estimate of drug-likeness (QED) is 0.438.